The summed E-state index contributed by atoms with van der Waals surface area (Å²) < 4.78 is 6.22. The molecule has 3 rings (SSSR count). The van der Waals surface area contributed by atoms with Crippen LogP contribution in [0.2, 0.25) is 5.02 Å². The molecule has 0 atom stereocenters. The van der Waals surface area contributed by atoms with E-state index in [1.807, 2.05) is 30.3 Å². The van der Waals surface area contributed by atoms with Gasteiger partial charge in [-0.1, -0.05) is 45.7 Å². The number of rotatable bonds is 4. The highest BCUT2D eigenvalue weighted by Crippen LogP contribution is 2.39. The summed E-state index contributed by atoms with van der Waals surface area (Å²) >= 11 is 11.5. The molecule has 2 aromatic carbocycles. The van der Waals surface area contributed by atoms with Crippen LogP contribution >= 0.6 is 38.9 Å². The topological polar surface area (TPSA) is 26.3 Å². The summed E-state index contributed by atoms with van der Waals surface area (Å²) in [5.41, 5.74) is 2.62. The molecule has 0 aliphatic heterocycles. The van der Waals surface area contributed by atoms with Crippen molar-refractivity contribution in [1.82, 2.24) is 0 Å². The predicted octanol–water partition coefficient (Wildman–Crippen LogP) is 6.29. The maximum atomic E-state index is 11.9. The van der Waals surface area contributed by atoms with Crippen molar-refractivity contribution < 1.29 is 9.53 Å². The third kappa shape index (κ3) is 3.30. The van der Waals surface area contributed by atoms with Crippen molar-refractivity contribution in [3.8, 4) is 11.1 Å². The average molecular weight is 410 g/mol. The lowest BCUT2D eigenvalue weighted by Gasteiger charge is -2.07. The average Bonchev–Trinajstić information content (AvgIpc) is 3.01. The summed E-state index contributed by atoms with van der Waals surface area (Å²) in [6.45, 7) is 2.17. The molecule has 0 saturated heterocycles. The second-order valence-corrected chi connectivity index (χ2v) is 7.09. The van der Waals surface area contributed by atoms with Crippen molar-refractivity contribution in [2.75, 3.05) is 6.61 Å². The molecule has 3 aromatic rings. The van der Waals surface area contributed by atoms with Crippen LogP contribution in [-0.2, 0) is 10.1 Å². The molecule has 0 fully saturated rings. The van der Waals surface area contributed by atoms with Gasteiger partial charge in [0.15, 0.2) is 0 Å². The largest absolute Gasteiger partial charge is 0.462 e. The molecule has 0 aliphatic rings. The molecule has 5 heteroatoms. The zero-order chi connectivity index (χ0) is 16.4. The van der Waals surface area contributed by atoms with E-state index in [0.29, 0.717) is 12.2 Å². The third-order valence-electron chi connectivity index (χ3n) is 3.50. The Balaban J connectivity index is 2.13. The SMILES string of the molecule is CCOC(=O)c1cccc(-c2ccc(Cl)c3cc(CBr)sc23)c1. The lowest BCUT2D eigenvalue weighted by Crippen LogP contribution is -2.04. The van der Waals surface area contributed by atoms with Crippen LogP contribution in [0.25, 0.3) is 21.2 Å². The minimum atomic E-state index is -0.299. The van der Waals surface area contributed by atoms with Crippen LogP contribution in [-0.4, -0.2) is 12.6 Å². The fraction of sp³-hybridized carbons (Fsp3) is 0.167. The minimum Gasteiger partial charge on any atom is -0.462 e. The number of halogens is 2. The summed E-state index contributed by atoms with van der Waals surface area (Å²) in [6.07, 6.45) is 0. The van der Waals surface area contributed by atoms with Gasteiger partial charge < -0.3 is 4.74 Å². The van der Waals surface area contributed by atoms with Crippen molar-refractivity contribution in [1.29, 1.82) is 0 Å². The second kappa shape index (κ2) is 7.04. The van der Waals surface area contributed by atoms with Gasteiger partial charge in [-0.15, -0.1) is 11.3 Å². The highest BCUT2D eigenvalue weighted by molar-refractivity contribution is 9.08. The Kier molecular flexibility index (Phi) is 5.05. The molecule has 2 nitrogen and oxygen atoms in total. The van der Waals surface area contributed by atoms with Gasteiger partial charge in [0.1, 0.15) is 0 Å². The van der Waals surface area contributed by atoms with Crippen LogP contribution in [0.4, 0.5) is 0 Å². The van der Waals surface area contributed by atoms with Gasteiger partial charge in [0.25, 0.3) is 0 Å². The van der Waals surface area contributed by atoms with Crippen LogP contribution in [0, 0.1) is 0 Å². The Hall–Kier alpha value is -1.36. The van der Waals surface area contributed by atoms with E-state index in [2.05, 4.69) is 22.0 Å². The van der Waals surface area contributed by atoms with E-state index < -0.39 is 0 Å². The minimum absolute atomic E-state index is 0.299. The Morgan fingerprint density at radius 2 is 2.09 bits per heavy atom. The van der Waals surface area contributed by atoms with E-state index in [0.717, 1.165) is 31.6 Å². The monoisotopic (exact) mass is 408 g/mol. The first-order valence-corrected chi connectivity index (χ1v) is 9.50. The van der Waals surface area contributed by atoms with Crippen LogP contribution < -0.4 is 0 Å². The fourth-order valence-electron chi connectivity index (χ4n) is 2.46. The third-order valence-corrected chi connectivity index (χ3v) is 5.97. The van der Waals surface area contributed by atoms with Crippen molar-refractivity contribution in [2.45, 2.75) is 12.3 Å². The summed E-state index contributed by atoms with van der Waals surface area (Å²) in [7, 11) is 0. The summed E-state index contributed by atoms with van der Waals surface area (Å²) in [5.74, 6) is -0.299. The lowest BCUT2D eigenvalue weighted by atomic mass is 10.0. The van der Waals surface area contributed by atoms with Crippen molar-refractivity contribution in [3.63, 3.8) is 0 Å². The molecule has 0 amide bonds. The van der Waals surface area contributed by atoms with Crippen molar-refractivity contribution in [2.24, 2.45) is 0 Å². The predicted molar refractivity (Wildman–Crippen MR) is 101 cm³/mol. The Bertz CT molecular complexity index is 873. The zero-order valence-corrected chi connectivity index (χ0v) is 15.6. The lowest BCUT2D eigenvalue weighted by molar-refractivity contribution is 0.0526. The molecule has 118 valence electrons. The number of alkyl halides is 1. The molecule has 1 aromatic heterocycles. The molecule has 23 heavy (non-hydrogen) atoms. The standard InChI is InChI=1S/C18H14BrClO2S/c1-2-22-18(21)12-5-3-4-11(8-12)14-6-7-16(20)15-9-13(10-19)23-17(14)15/h3-9H,2,10H2,1H3. The van der Waals surface area contributed by atoms with Gasteiger partial charge in [0, 0.05) is 25.3 Å². The molecule has 0 spiro atoms. The maximum Gasteiger partial charge on any atom is 0.338 e. The summed E-state index contributed by atoms with van der Waals surface area (Å²) in [4.78, 5) is 13.2. The normalized spacial score (nSPS) is 10.9. The molecular formula is C18H14BrClO2S. The van der Waals surface area contributed by atoms with E-state index in [1.54, 1.807) is 24.3 Å². The highest BCUT2D eigenvalue weighted by atomic mass is 79.9. The molecule has 0 radical (unpaired) electrons. The maximum absolute atomic E-state index is 11.9. The number of carbonyl (C=O) groups is 1. The fourth-order valence-corrected chi connectivity index (χ4v) is 4.30. The van der Waals surface area contributed by atoms with Crippen LogP contribution in [0.3, 0.4) is 0 Å². The van der Waals surface area contributed by atoms with Gasteiger partial charge in [0.2, 0.25) is 0 Å². The van der Waals surface area contributed by atoms with Gasteiger partial charge in [-0.2, -0.15) is 0 Å². The smallest absolute Gasteiger partial charge is 0.338 e. The van der Waals surface area contributed by atoms with Gasteiger partial charge in [0.05, 0.1) is 12.2 Å². The number of thiophene rings is 1. The van der Waals surface area contributed by atoms with Crippen molar-refractivity contribution in [3.05, 3.63) is 57.9 Å². The second-order valence-electron chi connectivity index (χ2n) is 4.99. The highest BCUT2D eigenvalue weighted by Gasteiger charge is 2.13. The molecule has 0 aliphatic carbocycles. The first-order valence-electron chi connectivity index (χ1n) is 7.18. The number of hydrogen-bond donors (Lipinski definition) is 0. The van der Waals surface area contributed by atoms with Gasteiger partial charge >= 0.3 is 5.97 Å². The number of ether oxygens (including phenoxy) is 1. The van der Waals surface area contributed by atoms with E-state index in [9.17, 15) is 4.79 Å². The van der Waals surface area contributed by atoms with Gasteiger partial charge in [-0.3, -0.25) is 0 Å². The molecule has 0 bridgehead atoms. The summed E-state index contributed by atoms with van der Waals surface area (Å²) in [6, 6.07) is 13.5. The van der Waals surface area contributed by atoms with Crippen molar-refractivity contribution >= 4 is 54.9 Å². The first kappa shape index (κ1) is 16.5. The molecule has 0 saturated carbocycles. The molecule has 0 N–H and O–H groups in total. The van der Waals surface area contributed by atoms with Crippen LogP contribution in [0.15, 0.2) is 42.5 Å². The number of carbonyl (C=O) groups excluding carboxylic acids is 1. The Morgan fingerprint density at radius 1 is 1.26 bits per heavy atom. The van der Waals surface area contributed by atoms with Crippen LogP contribution in [0.1, 0.15) is 22.2 Å². The Morgan fingerprint density at radius 3 is 2.83 bits per heavy atom. The van der Waals surface area contributed by atoms with E-state index >= 15 is 0 Å². The summed E-state index contributed by atoms with van der Waals surface area (Å²) in [5, 5.41) is 2.59. The number of fused-ring (bicyclic) bond motifs is 1. The van der Waals surface area contributed by atoms with E-state index in [4.69, 9.17) is 16.3 Å². The molecule has 1 heterocycles. The molecular weight excluding hydrogens is 396 g/mol. The first-order chi connectivity index (χ1) is 11.1. The number of hydrogen-bond acceptors (Lipinski definition) is 3. The zero-order valence-electron chi connectivity index (χ0n) is 12.4. The van der Waals surface area contributed by atoms with E-state index in [1.165, 1.54) is 4.88 Å². The number of esters is 1. The Labute approximate surface area is 152 Å². The molecule has 0 unspecified atom stereocenters. The van der Waals surface area contributed by atoms with Gasteiger partial charge in [-0.25, -0.2) is 4.79 Å². The quantitative estimate of drug-likeness (QED) is 0.374. The van der Waals surface area contributed by atoms with E-state index in [-0.39, 0.29) is 5.97 Å². The number of benzene rings is 2. The van der Waals surface area contributed by atoms with Gasteiger partial charge in [-0.05, 0) is 42.3 Å². The van der Waals surface area contributed by atoms with Crippen LogP contribution in [0.5, 0.6) is 0 Å².